The first kappa shape index (κ1) is 13.6. The van der Waals surface area contributed by atoms with Crippen molar-refractivity contribution in [1.82, 2.24) is 5.32 Å². The Kier molecular flexibility index (Phi) is 7.42. The van der Waals surface area contributed by atoms with Crippen LogP contribution in [0.15, 0.2) is 17.5 Å². The quantitative estimate of drug-likeness (QED) is 0.676. The third kappa shape index (κ3) is 5.61. The lowest BCUT2D eigenvalue weighted by molar-refractivity contribution is 0.103. The van der Waals surface area contributed by atoms with Gasteiger partial charge in [-0.1, -0.05) is 6.07 Å². The third-order valence-corrected chi connectivity index (χ3v) is 3.36. The maximum Gasteiger partial charge on any atom is 0.0591 e. The van der Waals surface area contributed by atoms with Crippen LogP contribution in [-0.2, 0) is 9.47 Å². The van der Waals surface area contributed by atoms with E-state index in [4.69, 9.17) is 9.47 Å². The van der Waals surface area contributed by atoms with Crippen molar-refractivity contribution in [2.75, 3.05) is 33.5 Å². The van der Waals surface area contributed by atoms with Crippen molar-refractivity contribution in [3.8, 4) is 0 Å². The van der Waals surface area contributed by atoms with E-state index in [2.05, 4.69) is 29.8 Å². The number of ether oxygens (including phenoxy) is 2. The number of hydrogen-bond donors (Lipinski definition) is 1. The molecule has 1 rings (SSSR count). The zero-order valence-electron chi connectivity index (χ0n) is 10.1. The average molecular weight is 243 g/mol. The number of hydrogen-bond acceptors (Lipinski definition) is 4. The summed E-state index contributed by atoms with van der Waals surface area (Å²) in [6.45, 7) is 5.39. The summed E-state index contributed by atoms with van der Waals surface area (Å²) in [6.07, 6.45) is 0.969. The molecule has 0 saturated carbocycles. The first-order valence-electron chi connectivity index (χ1n) is 5.68. The van der Waals surface area contributed by atoms with Gasteiger partial charge >= 0.3 is 0 Å². The largest absolute Gasteiger partial charge is 0.385 e. The molecule has 0 aliphatic rings. The van der Waals surface area contributed by atoms with Crippen LogP contribution >= 0.6 is 11.3 Å². The Labute approximate surface area is 102 Å². The van der Waals surface area contributed by atoms with Crippen LogP contribution in [0.4, 0.5) is 0 Å². The molecule has 0 unspecified atom stereocenters. The summed E-state index contributed by atoms with van der Waals surface area (Å²) in [5, 5.41) is 5.54. The Morgan fingerprint density at radius 1 is 1.38 bits per heavy atom. The van der Waals surface area contributed by atoms with Crippen LogP contribution in [0.3, 0.4) is 0 Å². The van der Waals surface area contributed by atoms with E-state index in [0.717, 1.165) is 32.8 Å². The molecular weight excluding hydrogens is 222 g/mol. The van der Waals surface area contributed by atoms with E-state index in [1.54, 1.807) is 18.4 Å². The van der Waals surface area contributed by atoms with Gasteiger partial charge < -0.3 is 14.8 Å². The van der Waals surface area contributed by atoms with E-state index < -0.39 is 0 Å². The summed E-state index contributed by atoms with van der Waals surface area (Å²) in [5.74, 6) is 0. The van der Waals surface area contributed by atoms with E-state index in [9.17, 15) is 0 Å². The highest BCUT2D eigenvalue weighted by atomic mass is 32.1. The molecule has 92 valence electrons. The molecule has 1 aromatic heterocycles. The fraction of sp³-hybridized carbons (Fsp3) is 0.667. The maximum atomic E-state index is 5.46. The molecule has 0 saturated heterocycles. The van der Waals surface area contributed by atoms with Gasteiger partial charge in [0.2, 0.25) is 0 Å². The fourth-order valence-electron chi connectivity index (χ4n) is 1.39. The molecule has 16 heavy (non-hydrogen) atoms. The smallest absolute Gasteiger partial charge is 0.0591 e. The summed E-state index contributed by atoms with van der Waals surface area (Å²) in [7, 11) is 1.71. The van der Waals surface area contributed by atoms with Crippen LogP contribution in [0, 0.1) is 0 Å². The van der Waals surface area contributed by atoms with Crippen molar-refractivity contribution in [3.05, 3.63) is 22.4 Å². The minimum absolute atomic E-state index is 0.419. The second kappa shape index (κ2) is 8.70. The molecular formula is C12H21NO2S. The normalized spacial score (nSPS) is 12.9. The summed E-state index contributed by atoms with van der Waals surface area (Å²) in [4.78, 5) is 1.37. The van der Waals surface area contributed by atoms with Gasteiger partial charge in [0.05, 0.1) is 6.61 Å². The Hall–Kier alpha value is -0.420. The van der Waals surface area contributed by atoms with Crippen molar-refractivity contribution in [1.29, 1.82) is 0 Å². The summed E-state index contributed by atoms with van der Waals surface area (Å²) < 4.78 is 10.4. The molecule has 0 amide bonds. The topological polar surface area (TPSA) is 30.5 Å². The molecule has 1 heterocycles. The van der Waals surface area contributed by atoms with Gasteiger partial charge in [-0.3, -0.25) is 0 Å². The highest BCUT2D eigenvalue weighted by Gasteiger charge is 2.04. The number of rotatable bonds is 9. The van der Waals surface area contributed by atoms with E-state index in [0.29, 0.717) is 6.04 Å². The first-order chi connectivity index (χ1) is 7.84. The SMILES string of the molecule is COCCCOCCN[C@H](C)c1cccs1. The van der Waals surface area contributed by atoms with Gasteiger partial charge in [0.15, 0.2) is 0 Å². The average Bonchev–Trinajstić information content (AvgIpc) is 2.81. The zero-order valence-corrected chi connectivity index (χ0v) is 10.9. The Morgan fingerprint density at radius 2 is 2.25 bits per heavy atom. The highest BCUT2D eigenvalue weighted by molar-refractivity contribution is 7.10. The van der Waals surface area contributed by atoms with Gasteiger partial charge in [-0.2, -0.15) is 0 Å². The van der Waals surface area contributed by atoms with Crippen molar-refractivity contribution in [3.63, 3.8) is 0 Å². The van der Waals surface area contributed by atoms with E-state index in [-0.39, 0.29) is 0 Å². The van der Waals surface area contributed by atoms with Crippen LogP contribution in [-0.4, -0.2) is 33.5 Å². The standard InChI is InChI=1S/C12H21NO2S/c1-11(12-5-3-10-16-12)13-6-9-15-8-4-7-14-2/h3,5,10-11,13H,4,6-9H2,1-2H3/t11-/m1/s1. The fourth-order valence-corrected chi connectivity index (χ4v) is 2.15. The van der Waals surface area contributed by atoms with Crippen molar-refractivity contribution >= 4 is 11.3 Å². The van der Waals surface area contributed by atoms with Gasteiger partial charge in [-0.15, -0.1) is 11.3 Å². The molecule has 0 aliphatic heterocycles. The molecule has 0 radical (unpaired) electrons. The molecule has 0 fully saturated rings. The minimum atomic E-state index is 0.419. The van der Waals surface area contributed by atoms with Crippen molar-refractivity contribution in [2.45, 2.75) is 19.4 Å². The molecule has 1 aromatic rings. The predicted octanol–water partition coefficient (Wildman–Crippen LogP) is 2.45. The molecule has 1 atom stereocenters. The lowest BCUT2D eigenvalue weighted by Gasteiger charge is -2.12. The number of nitrogens with one attached hydrogen (secondary N) is 1. The summed E-state index contributed by atoms with van der Waals surface area (Å²) in [6, 6.07) is 4.66. The van der Waals surface area contributed by atoms with Crippen molar-refractivity contribution < 1.29 is 9.47 Å². The summed E-state index contributed by atoms with van der Waals surface area (Å²) >= 11 is 1.79. The van der Waals surface area contributed by atoms with Gasteiger partial charge in [-0.25, -0.2) is 0 Å². The summed E-state index contributed by atoms with van der Waals surface area (Å²) in [5.41, 5.74) is 0. The second-order valence-corrected chi connectivity index (χ2v) is 4.63. The van der Waals surface area contributed by atoms with Crippen LogP contribution in [0.1, 0.15) is 24.3 Å². The van der Waals surface area contributed by atoms with Gasteiger partial charge in [-0.05, 0) is 24.8 Å². The monoisotopic (exact) mass is 243 g/mol. The number of methoxy groups -OCH3 is 1. The first-order valence-corrected chi connectivity index (χ1v) is 6.56. The lowest BCUT2D eigenvalue weighted by atomic mass is 10.3. The Balaban J connectivity index is 1.95. The van der Waals surface area contributed by atoms with E-state index in [1.165, 1.54) is 4.88 Å². The van der Waals surface area contributed by atoms with E-state index in [1.807, 2.05) is 0 Å². The molecule has 4 heteroatoms. The second-order valence-electron chi connectivity index (χ2n) is 3.65. The van der Waals surface area contributed by atoms with Crippen molar-refractivity contribution in [2.24, 2.45) is 0 Å². The van der Waals surface area contributed by atoms with Crippen LogP contribution in [0.5, 0.6) is 0 Å². The van der Waals surface area contributed by atoms with Gasteiger partial charge in [0, 0.05) is 37.8 Å². The Morgan fingerprint density at radius 3 is 2.94 bits per heavy atom. The molecule has 0 spiro atoms. The molecule has 1 N–H and O–H groups in total. The van der Waals surface area contributed by atoms with Gasteiger partial charge in [0.1, 0.15) is 0 Å². The van der Waals surface area contributed by atoms with Crippen LogP contribution in [0.2, 0.25) is 0 Å². The maximum absolute atomic E-state index is 5.46. The van der Waals surface area contributed by atoms with E-state index >= 15 is 0 Å². The minimum Gasteiger partial charge on any atom is -0.385 e. The highest BCUT2D eigenvalue weighted by Crippen LogP contribution is 2.17. The molecule has 0 aliphatic carbocycles. The number of thiophene rings is 1. The zero-order chi connectivity index (χ0) is 11.6. The lowest BCUT2D eigenvalue weighted by Crippen LogP contribution is -2.22. The predicted molar refractivity (Wildman–Crippen MR) is 68.0 cm³/mol. The molecule has 0 bridgehead atoms. The Bertz CT molecular complexity index is 252. The molecule has 3 nitrogen and oxygen atoms in total. The van der Waals surface area contributed by atoms with Crippen LogP contribution < -0.4 is 5.32 Å². The third-order valence-electron chi connectivity index (χ3n) is 2.30. The van der Waals surface area contributed by atoms with Gasteiger partial charge in [0.25, 0.3) is 0 Å². The molecule has 0 aromatic carbocycles. The van der Waals surface area contributed by atoms with Crippen LogP contribution in [0.25, 0.3) is 0 Å².